The van der Waals surface area contributed by atoms with E-state index < -0.39 is 83.7 Å². The lowest BCUT2D eigenvalue weighted by Gasteiger charge is -2.30. The van der Waals surface area contributed by atoms with Crippen molar-refractivity contribution in [3.63, 3.8) is 0 Å². The van der Waals surface area contributed by atoms with Crippen LogP contribution in [-0.2, 0) is 33.6 Å². The number of carboxylic acids is 1. The Balaban J connectivity index is 3.07. The Morgan fingerprint density at radius 2 is 1.31 bits per heavy atom. The van der Waals surface area contributed by atoms with Crippen LogP contribution >= 0.6 is 12.6 Å². The zero-order valence-corrected chi connectivity index (χ0v) is 33.7. The van der Waals surface area contributed by atoms with Crippen molar-refractivity contribution in [1.29, 1.82) is 0 Å². The molecule has 55 heavy (non-hydrogen) atoms. The maximum Gasteiger partial charge on any atom is 0.326 e. The molecule has 1 saturated heterocycles. The number of guanidine groups is 1. The molecule has 0 unspecified atom stereocenters. The van der Waals surface area contributed by atoms with Crippen molar-refractivity contribution in [2.24, 2.45) is 39.8 Å². The van der Waals surface area contributed by atoms with Gasteiger partial charge in [-0.15, -0.1) is 0 Å². The lowest BCUT2D eigenvalue weighted by atomic mass is 10.0. The molecule has 0 bridgehead atoms. The summed E-state index contributed by atoms with van der Waals surface area (Å²) in [4.78, 5) is 97.2. The maximum atomic E-state index is 13.6. The van der Waals surface area contributed by atoms with Crippen LogP contribution in [0.15, 0.2) is 4.99 Å². The number of carboxylic acid groups (broad SMARTS) is 1. The van der Waals surface area contributed by atoms with E-state index in [9.17, 15) is 38.7 Å². The number of likely N-dealkylation sites (tertiary alicyclic amines) is 1. The normalized spacial score (nSPS) is 17.3. The summed E-state index contributed by atoms with van der Waals surface area (Å²) in [5, 5.41) is 22.9. The first-order valence-electron chi connectivity index (χ1n) is 19.0. The largest absolute Gasteiger partial charge is 0.480 e. The summed E-state index contributed by atoms with van der Waals surface area (Å²) >= 11 is 4.06. The van der Waals surface area contributed by atoms with Gasteiger partial charge in [-0.05, 0) is 83.1 Å². The van der Waals surface area contributed by atoms with Crippen molar-refractivity contribution in [2.75, 3.05) is 25.4 Å². The number of aliphatic imine (C=N–C) groups is 1. The van der Waals surface area contributed by atoms with Gasteiger partial charge in [-0.3, -0.25) is 33.8 Å². The Kier molecular flexibility index (Phi) is 22.3. The summed E-state index contributed by atoms with van der Waals surface area (Å²) in [6.45, 7) is 9.72. The molecule has 1 aliphatic heterocycles. The lowest BCUT2D eigenvalue weighted by Crippen LogP contribution is -2.59. The molecular formula is C35H65N11O8S. The molecule has 7 atom stereocenters. The average Bonchev–Trinajstić information content (AvgIpc) is 3.60. The molecule has 20 heteroatoms. The van der Waals surface area contributed by atoms with Gasteiger partial charge in [-0.2, -0.15) is 12.6 Å². The highest BCUT2D eigenvalue weighted by Crippen LogP contribution is 2.21. The quantitative estimate of drug-likeness (QED) is 0.0208. The van der Waals surface area contributed by atoms with E-state index in [0.717, 1.165) is 0 Å². The number of hydrogen-bond donors (Lipinski definition) is 11. The van der Waals surface area contributed by atoms with Crippen LogP contribution in [-0.4, -0.2) is 125 Å². The molecule has 0 saturated carbocycles. The van der Waals surface area contributed by atoms with Gasteiger partial charge in [0.05, 0.1) is 6.04 Å². The van der Waals surface area contributed by atoms with Crippen molar-refractivity contribution in [3.05, 3.63) is 0 Å². The number of nitrogens with one attached hydrogen (secondary N) is 5. The molecule has 1 aliphatic rings. The van der Waals surface area contributed by atoms with Crippen LogP contribution < -0.4 is 49.5 Å². The number of hydrogen-bond acceptors (Lipinski definition) is 11. The van der Waals surface area contributed by atoms with E-state index in [1.807, 2.05) is 27.7 Å². The first-order valence-corrected chi connectivity index (χ1v) is 19.6. The number of amides is 6. The van der Waals surface area contributed by atoms with Gasteiger partial charge < -0.3 is 59.5 Å². The van der Waals surface area contributed by atoms with Crippen molar-refractivity contribution in [3.8, 4) is 0 Å². The Bertz CT molecular complexity index is 1330. The standard InChI is InChI=1S/C35H65N11O8S/c1-19(2)16-25(31(50)42-23(10-6-7-13-36)30(49)43-24(34(53)54)11-8-14-40-35(38)39)44-28(47)21(5)41-32(51)27-12-9-15-46(27)33(52)26(17-20(3)4)45-29(48)22(37)18-55/h19-27,55H,6-18,36-37H2,1-5H3,(H,41,51)(H,42,50)(H,43,49)(H,44,47)(H,45,48)(H,53,54)(H4,38,39,40)/t21-,22-,23-,24-,25-,26-,27-/m0/s1. The monoisotopic (exact) mass is 799 g/mol. The van der Waals surface area contributed by atoms with E-state index in [0.29, 0.717) is 38.6 Å². The Hall–Kier alpha value is -4.17. The molecule has 19 nitrogen and oxygen atoms in total. The van der Waals surface area contributed by atoms with Crippen LogP contribution in [0.4, 0.5) is 0 Å². The minimum atomic E-state index is -1.27. The summed E-state index contributed by atoms with van der Waals surface area (Å²) in [5.74, 6) is -4.94. The third kappa shape index (κ3) is 17.9. The predicted octanol–water partition coefficient (Wildman–Crippen LogP) is -1.96. The first kappa shape index (κ1) is 48.8. The van der Waals surface area contributed by atoms with E-state index in [4.69, 9.17) is 22.9 Å². The van der Waals surface area contributed by atoms with E-state index in [1.165, 1.54) is 11.8 Å². The summed E-state index contributed by atoms with van der Waals surface area (Å²) < 4.78 is 0. The number of unbranched alkanes of at least 4 members (excludes halogenated alkanes) is 1. The van der Waals surface area contributed by atoms with Crippen LogP contribution in [0.25, 0.3) is 0 Å². The van der Waals surface area contributed by atoms with Crippen LogP contribution in [0.1, 0.15) is 92.4 Å². The predicted molar refractivity (Wildman–Crippen MR) is 211 cm³/mol. The molecule has 1 rings (SSSR count). The average molecular weight is 800 g/mol. The summed E-state index contributed by atoms with van der Waals surface area (Å²) in [6.07, 6.45) is 2.84. The molecule has 6 amide bonds. The Morgan fingerprint density at radius 3 is 1.87 bits per heavy atom. The highest BCUT2D eigenvalue weighted by atomic mass is 32.1. The number of carbonyl (C=O) groups is 7. The van der Waals surface area contributed by atoms with Crippen molar-refractivity contribution in [2.45, 2.75) is 135 Å². The van der Waals surface area contributed by atoms with Gasteiger partial charge in [0, 0.05) is 18.8 Å². The SMILES string of the molecule is CC(C)C[C@H](NC(=O)[C@H](C)NC(=O)[C@@H]1CCCN1C(=O)[C@H](CC(C)C)NC(=O)[C@@H](N)CS)C(=O)N[C@@H](CCCCN)C(=O)N[C@@H](CCCN=C(N)N)C(=O)O. The van der Waals surface area contributed by atoms with Gasteiger partial charge in [0.1, 0.15) is 36.3 Å². The molecule has 0 aromatic heterocycles. The van der Waals surface area contributed by atoms with Gasteiger partial charge in [0.2, 0.25) is 35.4 Å². The number of carbonyl (C=O) groups excluding carboxylic acids is 6. The Labute approximate surface area is 329 Å². The zero-order valence-electron chi connectivity index (χ0n) is 32.8. The molecule has 0 aromatic carbocycles. The molecular weight excluding hydrogens is 735 g/mol. The summed E-state index contributed by atoms with van der Waals surface area (Å²) in [5.41, 5.74) is 22.1. The second-order valence-electron chi connectivity index (χ2n) is 14.8. The molecule has 0 aromatic rings. The van der Waals surface area contributed by atoms with Gasteiger partial charge in [-0.25, -0.2) is 4.79 Å². The molecule has 0 aliphatic carbocycles. The van der Waals surface area contributed by atoms with Crippen LogP contribution in [0.3, 0.4) is 0 Å². The van der Waals surface area contributed by atoms with Gasteiger partial charge >= 0.3 is 5.97 Å². The molecule has 0 spiro atoms. The highest BCUT2D eigenvalue weighted by molar-refractivity contribution is 7.80. The fraction of sp³-hybridized carbons (Fsp3) is 0.771. The molecule has 314 valence electrons. The smallest absolute Gasteiger partial charge is 0.326 e. The fourth-order valence-corrected chi connectivity index (χ4v) is 6.17. The third-order valence-electron chi connectivity index (χ3n) is 8.93. The van der Waals surface area contributed by atoms with E-state index in [1.54, 1.807) is 0 Å². The molecule has 1 fully saturated rings. The maximum absolute atomic E-state index is 13.6. The van der Waals surface area contributed by atoms with Crippen molar-refractivity contribution in [1.82, 2.24) is 31.5 Å². The minimum absolute atomic E-state index is 0.0317. The number of nitrogens with two attached hydrogens (primary N) is 4. The van der Waals surface area contributed by atoms with Crippen molar-refractivity contribution >= 4 is 60.0 Å². The van der Waals surface area contributed by atoms with Crippen molar-refractivity contribution < 1.29 is 38.7 Å². The van der Waals surface area contributed by atoms with Gasteiger partial charge in [-0.1, -0.05) is 27.7 Å². The van der Waals surface area contributed by atoms with Crippen LogP contribution in [0.5, 0.6) is 0 Å². The van der Waals surface area contributed by atoms with E-state index in [-0.39, 0.29) is 62.3 Å². The second kappa shape index (κ2) is 25.1. The number of nitrogens with zero attached hydrogens (tertiary/aromatic N) is 2. The van der Waals surface area contributed by atoms with E-state index >= 15 is 0 Å². The van der Waals surface area contributed by atoms with Crippen LogP contribution in [0.2, 0.25) is 0 Å². The molecule has 14 N–H and O–H groups in total. The summed E-state index contributed by atoms with van der Waals surface area (Å²) in [7, 11) is 0. The lowest BCUT2D eigenvalue weighted by molar-refractivity contribution is -0.143. The molecule has 0 radical (unpaired) electrons. The van der Waals surface area contributed by atoms with Gasteiger partial charge in [0.15, 0.2) is 5.96 Å². The first-order chi connectivity index (χ1) is 25.8. The summed E-state index contributed by atoms with van der Waals surface area (Å²) in [6, 6.07) is -7.34. The minimum Gasteiger partial charge on any atom is -0.480 e. The topological polar surface area (TPSA) is 320 Å². The number of rotatable bonds is 25. The van der Waals surface area contributed by atoms with Gasteiger partial charge in [0.25, 0.3) is 0 Å². The zero-order chi connectivity index (χ0) is 41.8. The highest BCUT2D eigenvalue weighted by Gasteiger charge is 2.39. The number of thiol groups is 1. The van der Waals surface area contributed by atoms with Crippen LogP contribution in [0, 0.1) is 11.8 Å². The molecule has 1 heterocycles. The van der Waals surface area contributed by atoms with E-state index in [2.05, 4.69) is 44.2 Å². The number of aliphatic carboxylic acids is 1. The Morgan fingerprint density at radius 1 is 0.764 bits per heavy atom. The second-order valence-corrected chi connectivity index (χ2v) is 15.1. The fourth-order valence-electron chi connectivity index (χ4n) is 6.00. The third-order valence-corrected chi connectivity index (χ3v) is 9.32.